The molecule has 0 N–H and O–H groups in total. The fourth-order valence-corrected chi connectivity index (χ4v) is 1.62. The summed E-state index contributed by atoms with van der Waals surface area (Å²) in [7, 11) is 4.09. The van der Waals surface area contributed by atoms with Gasteiger partial charge < -0.3 is 9.80 Å². The first kappa shape index (κ1) is 14.2. The van der Waals surface area contributed by atoms with E-state index in [-0.39, 0.29) is 11.4 Å². The van der Waals surface area contributed by atoms with Crippen molar-refractivity contribution in [2.24, 2.45) is 0 Å². The fraction of sp³-hybridized carbons (Fsp3) is 0.750. The van der Waals surface area contributed by atoms with Gasteiger partial charge in [-0.15, -0.1) is 0 Å². The standard InChI is InChI=1S/C12H24N2O/c1-7-11(15)14(8-2)12(3,4)9-10-13(5)6/h7H,1,8-10H2,2-6H3. The highest BCUT2D eigenvalue weighted by Crippen LogP contribution is 2.19. The summed E-state index contributed by atoms with van der Waals surface area (Å²) in [6.07, 6.45) is 2.36. The highest BCUT2D eigenvalue weighted by molar-refractivity contribution is 5.87. The predicted octanol–water partition coefficient (Wildman–Crippen LogP) is 1.75. The summed E-state index contributed by atoms with van der Waals surface area (Å²) in [4.78, 5) is 15.6. The van der Waals surface area contributed by atoms with Crippen LogP contribution < -0.4 is 0 Å². The van der Waals surface area contributed by atoms with E-state index in [2.05, 4.69) is 25.3 Å². The zero-order valence-electron chi connectivity index (χ0n) is 10.7. The summed E-state index contributed by atoms with van der Waals surface area (Å²) >= 11 is 0. The second kappa shape index (κ2) is 5.91. The smallest absolute Gasteiger partial charge is 0.246 e. The van der Waals surface area contributed by atoms with E-state index in [1.54, 1.807) is 0 Å². The molecule has 0 aromatic heterocycles. The first-order valence-electron chi connectivity index (χ1n) is 5.44. The van der Waals surface area contributed by atoms with Crippen LogP contribution in [-0.2, 0) is 4.79 Å². The molecule has 0 unspecified atom stereocenters. The Morgan fingerprint density at radius 3 is 2.27 bits per heavy atom. The third-order valence-corrected chi connectivity index (χ3v) is 2.66. The molecule has 15 heavy (non-hydrogen) atoms. The molecule has 0 fully saturated rings. The van der Waals surface area contributed by atoms with Gasteiger partial charge >= 0.3 is 0 Å². The van der Waals surface area contributed by atoms with Crippen LogP contribution in [0.1, 0.15) is 27.2 Å². The van der Waals surface area contributed by atoms with Gasteiger partial charge in [-0.05, 0) is 53.9 Å². The first-order chi connectivity index (χ1) is 6.85. The zero-order valence-corrected chi connectivity index (χ0v) is 10.7. The molecule has 0 spiro atoms. The lowest BCUT2D eigenvalue weighted by Gasteiger charge is -2.38. The van der Waals surface area contributed by atoms with E-state index in [0.717, 1.165) is 19.5 Å². The van der Waals surface area contributed by atoms with Gasteiger partial charge in [0.15, 0.2) is 0 Å². The molecule has 0 aromatic carbocycles. The second-order valence-electron chi connectivity index (χ2n) is 4.65. The lowest BCUT2D eigenvalue weighted by Crippen LogP contribution is -2.48. The zero-order chi connectivity index (χ0) is 12.1. The molecule has 0 aliphatic carbocycles. The molecule has 0 saturated heterocycles. The minimum atomic E-state index is -0.107. The fourth-order valence-electron chi connectivity index (χ4n) is 1.62. The lowest BCUT2D eigenvalue weighted by molar-refractivity contribution is -0.131. The van der Waals surface area contributed by atoms with Crippen LogP contribution in [0.2, 0.25) is 0 Å². The van der Waals surface area contributed by atoms with Gasteiger partial charge in [0, 0.05) is 12.1 Å². The number of carbonyl (C=O) groups is 1. The van der Waals surface area contributed by atoms with Crippen molar-refractivity contribution in [1.82, 2.24) is 9.80 Å². The van der Waals surface area contributed by atoms with Crippen molar-refractivity contribution in [3.63, 3.8) is 0 Å². The van der Waals surface area contributed by atoms with Crippen LogP contribution in [0.25, 0.3) is 0 Å². The van der Waals surface area contributed by atoms with Crippen molar-refractivity contribution in [3.8, 4) is 0 Å². The van der Waals surface area contributed by atoms with Gasteiger partial charge in [0.1, 0.15) is 0 Å². The molecule has 0 aliphatic heterocycles. The van der Waals surface area contributed by atoms with Gasteiger partial charge in [0.05, 0.1) is 0 Å². The van der Waals surface area contributed by atoms with Crippen LogP contribution in [0, 0.1) is 0 Å². The number of hydrogen-bond donors (Lipinski definition) is 0. The molecular weight excluding hydrogens is 188 g/mol. The van der Waals surface area contributed by atoms with Gasteiger partial charge in [-0.3, -0.25) is 4.79 Å². The van der Waals surface area contributed by atoms with Crippen molar-refractivity contribution in [2.45, 2.75) is 32.7 Å². The molecule has 0 aliphatic rings. The van der Waals surface area contributed by atoms with E-state index < -0.39 is 0 Å². The summed E-state index contributed by atoms with van der Waals surface area (Å²) in [6, 6.07) is 0. The molecule has 1 amide bonds. The Morgan fingerprint density at radius 1 is 1.40 bits per heavy atom. The topological polar surface area (TPSA) is 23.6 Å². The number of carbonyl (C=O) groups excluding carboxylic acids is 1. The monoisotopic (exact) mass is 212 g/mol. The molecule has 88 valence electrons. The van der Waals surface area contributed by atoms with Crippen LogP contribution in [0.5, 0.6) is 0 Å². The Kier molecular flexibility index (Phi) is 5.58. The normalized spacial score (nSPS) is 11.6. The Morgan fingerprint density at radius 2 is 1.93 bits per heavy atom. The summed E-state index contributed by atoms with van der Waals surface area (Å²) in [5.41, 5.74) is -0.107. The highest BCUT2D eigenvalue weighted by Gasteiger charge is 2.27. The minimum Gasteiger partial charge on any atom is -0.334 e. The molecule has 0 radical (unpaired) electrons. The summed E-state index contributed by atoms with van der Waals surface area (Å²) < 4.78 is 0. The Labute approximate surface area is 93.7 Å². The number of hydrogen-bond acceptors (Lipinski definition) is 2. The van der Waals surface area contributed by atoms with Crippen molar-refractivity contribution >= 4 is 5.91 Å². The van der Waals surface area contributed by atoms with Gasteiger partial charge in [-0.25, -0.2) is 0 Å². The molecule has 0 saturated carbocycles. The Balaban J connectivity index is 4.50. The van der Waals surface area contributed by atoms with Crippen LogP contribution >= 0.6 is 0 Å². The van der Waals surface area contributed by atoms with Gasteiger partial charge in [-0.2, -0.15) is 0 Å². The van der Waals surface area contributed by atoms with E-state index in [0.29, 0.717) is 0 Å². The third-order valence-electron chi connectivity index (χ3n) is 2.66. The minimum absolute atomic E-state index is 0.0151. The Hall–Kier alpha value is -0.830. The number of likely N-dealkylation sites (N-methyl/N-ethyl adjacent to an activating group) is 1. The van der Waals surface area contributed by atoms with Crippen molar-refractivity contribution in [2.75, 3.05) is 27.2 Å². The van der Waals surface area contributed by atoms with E-state index >= 15 is 0 Å². The van der Waals surface area contributed by atoms with Crippen LogP contribution in [-0.4, -0.2) is 48.4 Å². The number of rotatable bonds is 6. The summed E-state index contributed by atoms with van der Waals surface area (Å²) in [6.45, 7) is 11.4. The molecular formula is C12H24N2O. The quantitative estimate of drug-likeness (QED) is 0.626. The average molecular weight is 212 g/mol. The van der Waals surface area contributed by atoms with E-state index in [4.69, 9.17) is 0 Å². The molecule has 0 atom stereocenters. The SMILES string of the molecule is C=CC(=O)N(CC)C(C)(C)CCN(C)C. The third kappa shape index (κ3) is 4.47. The molecule has 0 rings (SSSR count). The highest BCUT2D eigenvalue weighted by atomic mass is 16.2. The van der Waals surface area contributed by atoms with E-state index in [1.165, 1.54) is 6.08 Å². The molecule has 3 heteroatoms. The summed E-state index contributed by atoms with van der Waals surface area (Å²) in [5, 5.41) is 0. The second-order valence-corrected chi connectivity index (χ2v) is 4.65. The number of nitrogens with zero attached hydrogens (tertiary/aromatic N) is 2. The Bertz CT molecular complexity index is 222. The average Bonchev–Trinajstić information content (AvgIpc) is 2.15. The predicted molar refractivity (Wildman–Crippen MR) is 64.8 cm³/mol. The number of amides is 1. The van der Waals surface area contributed by atoms with Crippen LogP contribution in [0.15, 0.2) is 12.7 Å². The maximum atomic E-state index is 11.6. The van der Waals surface area contributed by atoms with Crippen molar-refractivity contribution < 1.29 is 4.79 Å². The van der Waals surface area contributed by atoms with E-state index in [1.807, 2.05) is 25.9 Å². The molecule has 0 bridgehead atoms. The molecule has 0 heterocycles. The summed E-state index contributed by atoms with van der Waals surface area (Å²) in [5.74, 6) is 0.0151. The first-order valence-corrected chi connectivity index (χ1v) is 5.44. The van der Waals surface area contributed by atoms with Crippen LogP contribution in [0.4, 0.5) is 0 Å². The van der Waals surface area contributed by atoms with Gasteiger partial charge in [0.2, 0.25) is 5.91 Å². The molecule has 3 nitrogen and oxygen atoms in total. The maximum Gasteiger partial charge on any atom is 0.246 e. The van der Waals surface area contributed by atoms with Gasteiger partial charge in [0.25, 0.3) is 0 Å². The maximum absolute atomic E-state index is 11.6. The largest absolute Gasteiger partial charge is 0.334 e. The van der Waals surface area contributed by atoms with Crippen LogP contribution in [0.3, 0.4) is 0 Å². The van der Waals surface area contributed by atoms with Crippen molar-refractivity contribution in [1.29, 1.82) is 0 Å². The van der Waals surface area contributed by atoms with Gasteiger partial charge in [-0.1, -0.05) is 6.58 Å². The van der Waals surface area contributed by atoms with Crippen molar-refractivity contribution in [3.05, 3.63) is 12.7 Å². The lowest BCUT2D eigenvalue weighted by atomic mass is 9.97. The van der Waals surface area contributed by atoms with E-state index in [9.17, 15) is 4.79 Å². The molecule has 0 aromatic rings.